The number of ether oxygens (including phenoxy) is 1. The third kappa shape index (κ3) is 4.73. The van der Waals surface area contributed by atoms with Gasteiger partial charge < -0.3 is 10.1 Å². The van der Waals surface area contributed by atoms with Crippen LogP contribution < -0.4 is 5.32 Å². The average molecular weight is 268 g/mol. The molecule has 112 valence electrons. The van der Waals surface area contributed by atoms with E-state index in [1.54, 1.807) is 0 Å². The molecule has 1 saturated heterocycles. The SMILES string of the molecule is CCCC1CCCC(N2CCOC(CNC)C2)CC1. The average Bonchev–Trinajstić information content (AvgIpc) is 2.66. The minimum Gasteiger partial charge on any atom is -0.374 e. The van der Waals surface area contributed by atoms with Crippen LogP contribution in [0.15, 0.2) is 0 Å². The molecule has 0 amide bonds. The highest BCUT2D eigenvalue weighted by molar-refractivity contribution is 4.82. The van der Waals surface area contributed by atoms with E-state index in [1.807, 2.05) is 7.05 Å². The Kier molecular flexibility index (Phi) is 6.62. The van der Waals surface area contributed by atoms with Crippen molar-refractivity contribution in [2.45, 2.75) is 64.0 Å². The van der Waals surface area contributed by atoms with Gasteiger partial charge in [-0.1, -0.05) is 32.6 Å². The maximum Gasteiger partial charge on any atom is 0.0826 e. The summed E-state index contributed by atoms with van der Waals surface area (Å²) in [5.41, 5.74) is 0. The van der Waals surface area contributed by atoms with Gasteiger partial charge in [-0.05, 0) is 32.2 Å². The van der Waals surface area contributed by atoms with Crippen LogP contribution in [0, 0.1) is 5.92 Å². The van der Waals surface area contributed by atoms with Crippen molar-refractivity contribution >= 4 is 0 Å². The molecule has 0 bridgehead atoms. The van der Waals surface area contributed by atoms with Crippen molar-refractivity contribution in [3.8, 4) is 0 Å². The van der Waals surface area contributed by atoms with E-state index in [9.17, 15) is 0 Å². The van der Waals surface area contributed by atoms with Gasteiger partial charge in [-0.3, -0.25) is 4.90 Å². The lowest BCUT2D eigenvalue weighted by molar-refractivity contribution is -0.0433. The zero-order chi connectivity index (χ0) is 13.5. The number of hydrogen-bond donors (Lipinski definition) is 1. The Morgan fingerprint density at radius 3 is 2.89 bits per heavy atom. The molecule has 1 N–H and O–H groups in total. The van der Waals surface area contributed by atoms with Gasteiger partial charge in [0.15, 0.2) is 0 Å². The monoisotopic (exact) mass is 268 g/mol. The number of likely N-dealkylation sites (N-methyl/N-ethyl adjacent to an activating group) is 1. The molecule has 3 heteroatoms. The number of rotatable bonds is 5. The van der Waals surface area contributed by atoms with Crippen LogP contribution in [0.1, 0.15) is 51.9 Å². The van der Waals surface area contributed by atoms with E-state index in [4.69, 9.17) is 4.74 Å². The first-order chi connectivity index (χ1) is 9.33. The van der Waals surface area contributed by atoms with Gasteiger partial charge in [0.25, 0.3) is 0 Å². The van der Waals surface area contributed by atoms with Crippen molar-refractivity contribution in [3.63, 3.8) is 0 Å². The Morgan fingerprint density at radius 1 is 1.21 bits per heavy atom. The molecule has 0 spiro atoms. The van der Waals surface area contributed by atoms with Crippen LogP contribution in [0.25, 0.3) is 0 Å². The molecular weight excluding hydrogens is 236 g/mol. The van der Waals surface area contributed by atoms with Crippen molar-refractivity contribution in [1.82, 2.24) is 10.2 Å². The number of nitrogens with one attached hydrogen (secondary N) is 1. The summed E-state index contributed by atoms with van der Waals surface area (Å²) in [6, 6.07) is 0.824. The largest absolute Gasteiger partial charge is 0.374 e. The molecule has 3 unspecified atom stereocenters. The van der Waals surface area contributed by atoms with E-state index in [0.717, 1.165) is 38.2 Å². The van der Waals surface area contributed by atoms with E-state index >= 15 is 0 Å². The van der Waals surface area contributed by atoms with Gasteiger partial charge in [-0.15, -0.1) is 0 Å². The van der Waals surface area contributed by atoms with Gasteiger partial charge in [0, 0.05) is 25.7 Å². The molecule has 2 rings (SSSR count). The topological polar surface area (TPSA) is 24.5 Å². The summed E-state index contributed by atoms with van der Waals surface area (Å²) in [5.74, 6) is 1.00. The lowest BCUT2D eigenvalue weighted by Gasteiger charge is -2.38. The predicted octanol–water partition coefficient (Wildman–Crippen LogP) is 2.66. The molecule has 0 aromatic carbocycles. The smallest absolute Gasteiger partial charge is 0.0826 e. The molecule has 1 aliphatic carbocycles. The molecule has 2 aliphatic rings. The molecular formula is C16H32N2O. The standard InChI is InChI=1S/C16H32N2O/c1-3-5-14-6-4-7-15(9-8-14)18-10-11-19-16(13-18)12-17-2/h14-17H,3-13H2,1-2H3. The Balaban J connectivity index is 1.80. The van der Waals surface area contributed by atoms with E-state index < -0.39 is 0 Å². The molecule has 0 aromatic rings. The van der Waals surface area contributed by atoms with Gasteiger partial charge in [-0.2, -0.15) is 0 Å². The highest BCUT2D eigenvalue weighted by Gasteiger charge is 2.28. The van der Waals surface area contributed by atoms with Crippen LogP contribution in [-0.2, 0) is 4.74 Å². The fraction of sp³-hybridized carbons (Fsp3) is 1.00. The molecule has 0 aromatic heterocycles. The van der Waals surface area contributed by atoms with Gasteiger partial charge in [0.2, 0.25) is 0 Å². The molecule has 3 atom stereocenters. The van der Waals surface area contributed by atoms with Crippen molar-refractivity contribution in [2.75, 3.05) is 33.3 Å². The van der Waals surface area contributed by atoms with Crippen molar-refractivity contribution in [1.29, 1.82) is 0 Å². The lowest BCUT2D eigenvalue weighted by atomic mass is 9.95. The van der Waals surface area contributed by atoms with E-state index in [-0.39, 0.29) is 0 Å². The molecule has 1 saturated carbocycles. The molecule has 0 radical (unpaired) electrons. The number of nitrogens with zero attached hydrogens (tertiary/aromatic N) is 1. The molecule has 19 heavy (non-hydrogen) atoms. The van der Waals surface area contributed by atoms with Gasteiger partial charge in [0.05, 0.1) is 12.7 Å². The summed E-state index contributed by atoms with van der Waals surface area (Å²) in [7, 11) is 2.02. The summed E-state index contributed by atoms with van der Waals surface area (Å²) in [4.78, 5) is 2.71. The second-order valence-electron chi connectivity index (χ2n) is 6.36. The maximum atomic E-state index is 5.83. The van der Waals surface area contributed by atoms with E-state index in [0.29, 0.717) is 6.10 Å². The van der Waals surface area contributed by atoms with Crippen molar-refractivity contribution in [2.24, 2.45) is 5.92 Å². The third-order valence-electron chi connectivity index (χ3n) is 4.87. The van der Waals surface area contributed by atoms with Crippen LogP contribution in [-0.4, -0.2) is 50.3 Å². The van der Waals surface area contributed by atoms with Crippen LogP contribution >= 0.6 is 0 Å². The van der Waals surface area contributed by atoms with Crippen molar-refractivity contribution < 1.29 is 4.74 Å². The van der Waals surface area contributed by atoms with Crippen molar-refractivity contribution in [3.05, 3.63) is 0 Å². The summed E-state index contributed by atoms with van der Waals surface area (Å²) in [6.45, 7) is 6.50. The second kappa shape index (κ2) is 8.23. The Labute approximate surface area is 119 Å². The summed E-state index contributed by atoms with van der Waals surface area (Å²) >= 11 is 0. The minimum atomic E-state index is 0.397. The van der Waals surface area contributed by atoms with Crippen LogP contribution in [0.4, 0.5) is 0 Å². The van der Waals surface area contributed by atoms with Crippen LogP contribution in [0.2, 0.25) is 0 Å². The van der Waals surface area contributed by atoms with Gasteiger partial charge >= 0.3 is 0 Å². The fourth-order valence-corrected chi connectivity index (χ4v) is 3.85. The van der Waals surface area contributed by atoms with Gasteiger partial charge in [-0.25, -0.2) is 0 Å². The maximum absolute atomic E-state index is 5.83. The van der Waals surface area contributed by atoms with Crippen LogP contribution in [0.5, 0.6) is 0 Å². The second-order valence-corrected chi connectivity index (χ2v) is 6.36. The first kappa shape index (κ1) is 15.3. The molecule has 1 heterocycles. The Bertz CT molecular complexity index is 245. The summed E-state index contributed by atoms with van der Waals surface area (Å²) in [5, 5.41) is 3.25. The quantitative estimate of drug-likeness (QED) is 0.776. The highest BCUT2D eigenvalue weighted by Crippen LogP contribution is 2.29. The van der Waals surface area contributed by atoms with E-state index in [1.165, 1.54) is 44.9 Å². The molecule has 3 nitrogen and oxygen atoms in total. The molecule has 2 fully saturated rings. The fourth-order valence-electron chi connectivity index (χ4n) is 3.85. The zero-order valence-electron chi connectivity index (χ0n) is 12.9. The van der Waals surface area contributed by atoms with Gasteiger partial charge in [0.1, 0.15) is 0 Å². The number of morpholine rings is 1. The molecule has 1 aliphatic heterocycles. The first-order valence-electron chi connectivity index (χ1n) is 8.33. The summed E-state index contributed by atoms with van der Waals surface area (Å²) in [6.07, 6.45) is 10.4. The predicted molar refractivity (Wildman–Crippen MR) is 80.5 cm³/mol. The first-order valence-corrected chi connectivity index (χ1v) is 8.33. The zero-order valence-corrected chi connectivity index (χ0v) is 12.9. The Morgan fingerprint density at radius 2 is 2.11 bits per heavy atom. The van der Waals surface area contributed by atoms with Crippen LogP contribution in [0.3, 0.4) is 0 Å². The third-order valence-corrected chi connectivity index (χ3v) is 4.87. The lowest BCUT2D eigenvalue weighted by Crippen LogP contribution is -2.50. The van der Waals surface area contributed by atoms with E-state index in [2.05, 4.69) is 17.1 Å². The normalized spacial score (nSPS) is 34.1. The minimum absolute atomic E-state index is 0.397. The number of hydrogen-bond acceptors (Lipinski definition) is 3. The Hall–Kier alpha value is -0.120. The highest BCUT2D eigenvalue weighted by atomic mass is 16.5. The summed E-state index contributed by atoms with van der Waals surface area (Å²) < 4.78 is 5.83.